The van der Waals surface area contributed by atoms with E-state index < -0.39 is 22.1 Å². The van der Waals surface area contributed by atoms with Gasteiger partial charge in [0.15, 0.2) is 17.3 Å². The van der Waals surface area contributed by atoms with E-state index in [0.29, 0.717) is 11.4 Å². The van der Waals surface area contributed by atoms with Gasteiger partial charge in [-0.15, -0.1) is 0 Å². The summed E-state index contributed by atoms with van der Waals surface area (Å²) < 4.78 is 5.15. The molecule has 1 aliphatic rings. The topological polar surface area (TPSA) is 159 Å². The van der Waals surface area contributed by atoms with Crippen molar-refractivity contribution in [2.24, 2.45) is 0 Å². The minimum Gasteiger partial charge on any atom is -0.504 e. The maximum absolute atomic E-state index is 11.0. The Morgan fingerprint density at radius 3 is 2.66 bits per heavy atom. The summed E-state index contributed by atoms with van der Waals surface area (Å²) in [6.07, 6.45) is 1.53. The minimum absolute atomic E-state index is 0.0487. The molecule has 1 aromatic carbocycles. The zero-order chi connectivity index (χ0) is 20.5. The summed E-state index contributed by atoms with van der Waals surface area (Å²) in [5, 5.41) is 44.9. The van der Waals surface area contributed by atoms with Crippen molar-refractivity contribution in [3.8, 4) is 40.1 Å². The van der Waals surface area contributed by atoms with Crippen molar-refractivity contribution in [2.45, 2.75) is 0 Å². The summed E-state index contributed by atoms with van der Waals surface area (Å²) in [6.45, 7) is 1.51. The molecule has 1 saturated heterocycles. The molecule has 29 heavy (non-hydrogen) atoms. The van der Waals surface area contributed by atoms with E-state index in [1.807, 2.05) is 16.7 Å². The van der Waals surface area contributed by atoms with Gasteiger partial charge in [0, 0.05) is 36.9 Å². The van der Waals surface area contributed by atoms with Crippen molar-refractivity contribution in [1.29, 1.82) is 0 Å². The number of benzene rings is 1. The summed E-state index contributed by atoms with van der Waals surface area (Å²) in [5.74, 6) is 0.592. The Kier molecular flexibility index (Phi) is 4.84. The van der Waals surface area contributed by atoms with Crippen molar-refractivity contribution < 1.29 is 24.8 Å². The van der Waals surface area contributed by atoms with Crippen LogP contribution >= 0.6 is 11.8 Å². The SMILES string of the molecule is O=[N+]([O-])c1cc(-c2nc(-c3ccnc(N4CCSCC4)c3O)no2)cc(O)c1O. The number of phenolic OH excluding ortho intramolecular Hbond substituents is 2. The zero-order valence-electron chi connectivity index (χ0n) is 14.8. The molecular formula is C17H15N5O6S. The van der Waals surface area contributed by atoms with E-state index in [0.717, 1.165) is 36.7 Å². The zero-order valence-corrected chi connectivity index (χ0v) is 15.7. The molecule has 0 spiro atoms. The second kappa shape index (κ2) is 7.47. The number of pyridine rings is 1. The van der Waals surface area contributed by atoms with Crippen LogP contribution in [0.1, 0.15) is 0 Å². The van der Waals surface area contributed by atoms with Gasteiger partial charge in [0.1, 0.15) is 0 Å². The lowest BCUT2D eigenvalue weighted by atomic mass is 10.1. The first-order chi connectivity index (χ1) is 14.0. The van der Waals surface area contributed by atoms with Crippen LogP contribution in [0, 0.1) is 10.1 Å². The van der Waals surface area contributed by atoms with Crippen molar-refractivity contribution in [3.05, 3.63) is 34.5 Å². The molecule has 4 rings (SSSR count). The Balaban J connectivity index is 1.71. The quantitative estimate of drug-likeness (QED) is 0.325. The second-order valence-electron chi connectivity index (χ2n) is 6.17. The van der Waals surface area contributed by atoms with Crippen molar-refractivity contribution in [2.75, 3.05) is 29.5 Å². The standard InChI is InChI=1S/C17H15N5O6S/c23-12-8-9(7-11(14(12)25)22(26)27)17-19-15(20-28-17)10-1-2-18-16(13(10)24)21-3-5-29-6-4-21/h1-2,7-8,23-25H,3-6H2. The Bertz CT molecular complexity index is 1080. The van der Waals surface area contributed by atoms with E-state index in [4.69, 9.17) is 4.52 Å². The molecule has 0 saturated carbocycles. The molecule has 0 unspecified atom stereocenters. The average Bonchev–Trinajstić information content (AvgIpc) is 3.20. The Morgan fingerprint density at radius 1 is 1.17 bits per heavy atom. The Hall–Kier alpha value is -3.54. The first kappa shape index (κ1) is 18.8. The number of rotatable bonds is 4. The van der Waals surface area contributed by atoms with Crippen molar-refractivity contribution >= 4 is 23.3 Å². The molecule has 0 aliphatic carbocycles. The van der Waals surface area contributed by atoms with Gasteiger partial charge in [-0.25, -0.2) is 4.98 Å². The van der Waals surface area contributed by atoms with Gasteiger partial charge in [-0.2, -0.15) is 16.7 Å². The number of hydrogen-bond acceptors (Lipinski definition) is 11. The van der Waals surface area contributed by atoms with E-state index >= 15 is 0 Å². The number of thioether (sulfide) groups is 1. The van der Waals surface area contributed by atoms with Gasteiger partial charge in [-0.3, -0.25) is 10.1 Å². The highest BCUT2D eigenvalue weighted by Gasteiger charge is 2.24. The van der Waals surface area contributed by atoms with Gasteiger partial charge in [-0.1, -0.05) is 5.16 Å². The van der Waals surface area contributed by atoms with E-state index in [1.165, 1.54) is 12.3 Å². The molecule has 3 heterocycles. The molecule has 2 aromatic heterocycles. The molecule has 150 valence electrons. The lowest BCUT2D eigenvalue weighted by Crippen LogP contribution is -2.33. The number of phenols is 2. The first-order valence-electron chi connectivity index (χ1n) is 8.51. The number of aromatic nitrogens is 3. The maximum atomic E-state index is 11.0. The largest absolute Gasteiger partial charge is 0.504 e. The van der Waals surface area contributed by atoms with Gasteiger partial charge in [0.25, 0.3) is 5.89 Å². The summed E-state index contributed by atoms with van der Waals surface area (Å²) in [4.78, 5) is 20.6. The summed E-state index contributed by atoms with van der Waals surface area (Å²) in [7, 11) is 0. The van der Waals surface area contributed by atoms with Crippen molar-refractivity contribution in [1.82, 2.24) is 15.1 Å². The van der Waals surface area contributed by atoms with Gasteiger partial charge >= 0.3 is 5.69 Å². The number of hydrogen-bond donors (Lipinski definition) is 3. The molecule has 3 N–H and O–H groups in total. The summed E-state index contributed by atoms with van der Waals surface area (Å²) in [5.41, 5.74) is -0.356. The summed E-state index contributed by atoms with van der Waals surface area (Å²) in [6, 6.07) is 3.61. The van der Waals surface area contributed by atoms with Gasteiger partial charge < -0.3 is 24.7 Å². The Morgan fingerprint density at radius 2 is 1.93 bits per heavy atom. The molecule has 0 atom stereocenters. The van der Waals surface area contributed by atoms with Crippen LogP contribution in [-0.2, 0) is 0 Å². The number of nitrogens with zero attached hydrogens (tertiary/aromatic N) is 5. The molecule has 1 aliphatic heterocycles. The fourth-order valence-corrected chi connectivity index (χ4v) is 3.85. The monoisotopic (exact) mass is 417 g/mol. The van der Waals surface area contributed by atoms with Crippen LogP contribution in [-0.4, -0.2) is 60.0 Å². The van der Waals surface area contributed by atoms with Crippen LogP contribution in [0.5, 0.6) is 17.2 Å². The smallest absolute Gasteiger partial charge is 0.315 e. The maximum Gasteiger partial charge on any atom is 0.315 e. The van der Waals surface area contributed by atoms with E-state index in [1.54, 1.807) is 0 Å². The second-order valence-corrected chi connectivity index (χ2v) is 7.40. The molecule has 11 nitrogen and oxygen atoms in total. The predicted octanol–water partition coefficient (Wildman–Crippen LogP) is 2.38. The fraction of sp³-hybridized carbons (Fsp3) is 0.235. The number of nitro groups is 1. The third kappa shape index (κ3) is 3.49. The lowest BCUT2D eigenvalue weighted by Gasteiger charge is -2.28. The lowest BCUT2D eigenvalue weighted by molar-refractivity contribution is -0.385. The molecule has 0 amide bonds. The molecule has 3 aromatic rings. The highest BCUT2D eigenvalue weighted by molar-refractivity contribution is 7.99. The van der Waals surface area contributed by atoms with E-state index in [-0.39, 0.29) is 23.0 Å². The van der Waals surface area contributed by atoms with Gasteiger partial charge in [0.2, 0.25) is 11.6 Å². The fourth-order valence-electron chi connectivity index (χ4n) is 2.95. The van der Waals surface area contributed by atoms with Crippen LogP contribution in [0.2, 0.25) is 0 Å². The molecular weight excluding hydrogens is 402 g/mol. The normalized spacial score (nSPS) is 14.1. The third-order valence-corrected chi connectivity index (χ3v) is 5.34. The molecule has 0 bridgehead atoms. The minimum atomic E-state index is -0.852. The first-order valence-corrected chi connectivity index (χ1v) is 9.66. The number of anilines is 1. The number of aromatic hydroxyl groups is 3. The molecule has 12 heteroatoms. The summed E-state index contributed by atoms with van der Waals surface area (Å²) >= 11 is 1.83. The van der Waals surface area contributed by atoms with Crippen LogP contribution in [0.15, 0.2) is 28.9 Å². The molecule has 1 fully saturated rings. The average molecular weight is 417 g/mol. The number of nitro benzene ring substituents is 1. The van der Waals surface area contributed by atoms with Gasteiger partial charge in [-0.05, 0) is 12.1 Å². The van der Waals surface area contributed by atoms with Gasteiger partial charge in [0.05, 0.1) is 16.1 Å². The van der Waals surface area contributed by atoms with E-state index in [2.05, 4.69) is 15.1 Å². The molecule has 0 radical (unpaired) electrons. The van der Waals surface area contributed by atoms with Crippen molar-refractivity contribution in [3.63, 3.8) is 0 Å². The van der Waals surface area contributed by atoms with Crippen LogP contribution in [0.4, 0.5) is 11.5 Å². The van der Waals surface area contributed by atoms with E-state index in [9.17, 15) is 25.4 Å². The third-order valence-electron chi connectivity index (χ3n) is 4.40. The van der Waals surface area contributed by atoms with Crippen LogP contribution < -0.4 is 4.90 Å². The highest BCUT2D eigenvalue weighted by Crippen LogP contribution is 2.40. The van der Waals surface area contributed by atoms with Crippen LogP contribution in [0.25, 0.3) is 22.8 Å². The highest BCUT2D eigenvalue weighted by atomic mass is 32.2. The predicted molar refractivity (Wildman–Crippen MR) is 104 cm³/mol. The Labute approximate surface area is 167 Å². The van der Waals surface area contributed by atoms with Crippen LogP contribution in [0.3, 0.4) is 0 Å².